The molecule has 0 radical (unpaired) electrons. The average Bonchev–Trinajstić information content (AvgIpc) is 3.22. The molecule has 6 nitrogen and oxygen atoms in total. The van der Waals surface area contributed by atoms with Crippen molar-refractivity contribution >= 4 is 17.7 Å². The standard InChI is InChI=1S/C23H29N3O3S/c1-28-19-4-2-15(3-5-19)6-7-24-20(27)14-30-22-26-25-21(29-22)23-11-16-8-17(12-23)10-18(9-16)13-23/h2-5,16-18H,6-14H2,1H3,(H,24,27). The number of rotatable bonds is 8. The normalized spacial score (nSPS) is 29.2. The van der Waals surface area contributed by atoms with Crippen molar-refractivity contribution in [2.24, 2.45) is 17.8 Å². The molecule has 4 aliphatic rings. The van der Waals surface area contributed by atoms with E-state index in [0.717, 1.165) is 35.8 Å². The van der Waals surface area contributed by atoms with Crippen molar-refractivity contribution in [3.63, 3.8) is 0 Å². The number of hydrogen-bond acceptors (Lipinski definition) is 6. The Hall–Kier alpha value is -2.02. The number of nitrogens with zero attached hydrogens (tertiary/aromatic N) is 2. The van der Waals surface area contributed by atoms with E-state index in [4.69, 9.17) is 9.15 Å². The van der Waals surface area contributed by atoms with Gasteiger partial charge in [0.15, 0.2) is 0 Å². The lowest BCUT2D eigenvalue weighted by molar-refractivity contribution is -0.118. The van der Waals surface area contributed by atoms with E-state index in [-0.39, 0.29) is 11.3 Å². The number of carbonyl (C=O) groups is 1. The second kappa shape index (κ2) is 8.25. The zero-order valence-electron chi connectivity index (χ0n) is 17.4. The Morgan fingerprint density at radius 3 is 2.43 bits per heavy atom. The maximum absolute atomic E-state index is 12.2. The molecular weight excluding hydrogens is 398 g/mol. The van der Waals surface area contributed by atoms with Crippen LogP contribution in [0.25, 0.3) is 0 Å². The molecule has 1 heterocycles. The van der Waals surface area contributed by atoms with E-state index in [0.29, 0.717) is 17.5 Å². The van der Waals surface area contributed by atoms with Gasteiger partial charge in [-0.3, -0.25) is 4.79 Å². The smallest absolute Gasteiger partial charge is 0.277 e. The first-order valence-electron chi connectivity index (χ1n) is 11.0. The molecule has 1 aromatic heterocycles. The molecule has 4 aliphatic carbocycles. The van der Waals surface area contributed by atoms with E-state index in [2.05, 4.69) is 15.5 Å². The fraction of sp³-hybridized carbons (Fsp3) is 0.609. The number of thioether (sulfide) groups is 1. The molecule has 4 saturated carbocycles. The van der Waals surface area contributed by atoms with Crippen molar-refractivity contribution in [3.8, 4) is 5.75 Å². The Bertz CT molecular complexity index is 860. The Kier molecular flexibility index (Phi) is 5.48. The molecule has 30 heavy (non-hydrogen) atoms. The fourth-order valence-corrected chi connectivity index (χ4v) is 6.76. The molecule has 0 spiro atoms. The molecule has 0 saturated heterocycles. The minimum Gasteiger partial charge on any atom is -0.497 e. The van der Waals surface area contributed by atoms with E-state index < -0.39 is 0 Å². The van der Waals surface area contributed by atoms with Gasteiger partial charge in [-0.1, -0.05) is 23.9 Å². The molecule has 2 aromatic rings. The second-order valence-electron chi connectivity index (χ2n) is 9.31. The van der Waals surface area contributed by atoms with Gasteiger partial charge in [-0.25, -0.2) is 0 Å². The van der Waals surface area contributed by atoms with E-state index in [1.54, 1.807) is 7.11 Å². The molecule has 1 N–H and O–H groups in total. The Labute approximate surface area is 181 Å². The van der Waals surface area contributed by atoms with Crippen molar-refractivity contribution in [1.29, 1.82) is 0 Å². The third kappa shape index (κ3) is 4.09. The zero-order valence-corrected chi connectivity index (χ0v) is 18.2. The average molecular weight is 428 g/mol. The van der Waals surface area contributed by atoms with Crippen molar-refractivity contribution in [3.05, 3.63) is 35.7 Å². The van der Waals surface area contributed by atoms with Crippen LogP contribution in [0.1, 0.15) is 50.0 Å². The Morgan fingerprint density at radius 1 is 1.13 bits per heavy atom. The molecule has 7 heteroatoms. The van der Waals surface area contributed by atoms with Crippen molar-refractivity contribution in [2.45, 2.75) is 55.6 Å². The van der Waals surface area contributed by atoms with E-state index in [1.807, 2.05) is 24.3 Å². The summed E-state index contributed by atoms with van der Waals surface area (Å²) in [6.07, 6.45) is 8.59. The summed E-state index contributed by atoms with van der Waals surface area (Å²) in [6, 6.07) is 7.91. The van der Waals surface area contributed by atoms with Crippen LogP contribution >= 0.6 is 11.8 Å². The van der Waals surface area contributed by atoms with E-state index >= 15 is 0 Å². The van der Waals surface area contributed by atoms with Crippen LogP contribution in [0.3, 0.4) is 0 Å². The van der Waals surface area contributed by atoms with Gasteiger partial charge in [0.1, 0.15) is 5.75 Å². The van der Waals surface area contributed by atoms with Gasteiger partial charge >= 0.3 is 0 Å². The van der Waals surface area contributed by atoms with Gasteiger partial charge in [-0.15, -0.1) is 10.2 Å². The lowest BCUT2D eigenvalue weighted by atomic mass is 9.49. The number of hydrogen-bond donors (Lipinski definition) is 1. The maximum atomic E-state index is 12.2. The lowest BCUT2D eigenvalue weighted by Gasteiger charge is -2.55. The minimum atomic E-state index is -0.0110. The molecule has 1 aromatic carbocycles. The number of carbonyl (C=O) groups excluding carboxylic acids is 1. The third-order valence-electron chi connectivity index (χ3n) is 7.12. The molecule has 160 valence electrons. The van der Waals surface area contributed by atoms with Crippen LogP contribution < -0.4 is 10.1 Å². The molecule has 4 bridgehead atoms. The highest BCUT2D eigenvalue weighted by Crippen LogP contribution is 2.60. The number of amides is 1. The Morgan fingerprint density at radius 2 is 1.80 bits per heavy atom. The molecule has 0 aliphatic heterocycles. The number of methoxy groups -OCH3 is 1. The number of ether oxygens (including phenoxy) is 1. The van der Waals surface area contributed by atoms with Crippen LogP contribution in [0.4, 0.5) is 0 Å². The fourth-order valence-electron chi connectivity index (χ4n) is 6.17. The molecule has 0 unspecified atom stereocenters. The topological polar surface area (TPSA) is 77.2 Å². The summed E-state index contributed by atoms with van der Waals surface area (Å²) < 4.78 is 11.2. The number of aromatic nitrogens is 2. The predicted octanol–water partition coefficient (Wildman–Crippen LogP) is 4.00. The van der Waals surface area contributed by atoms with Crippen LogP contribution in [0, 0.1) is 17.8 Å². The highest BCUT2D eigenvalue weighted by atomic mass is 32.2. The van der Waals surface area contributed by atoms with Crippen LogP contribution in [0.5, 0.6) is 5.75 Å². The maximum Gasteiger partial charge on any atom is 0.277 e. The summed E-state index contributed by atoms with van der Waals surface area (Å²) in [5.41, 5.74) is 1.28. The first-order valence-corrected chi connectivity index (χ1v) is 12.0. The summed E-state index contributed by atoms with van der Waals surface area (Å²) in [6.45, 7) is 0.605. The van der Waals surface area contributed by atoms with Gasteiger partial charge in [0, 0.05) is 12.0 Å². The Balaban J connectivity index is 1.10. The molecule has 4 fully saturated rings. The summed E-state index contributed by atoms with van der Waals surface area (Å²) in [4.78, 5) is 12.2. The quantitative estimate of drug-likeness (QED) is 0.642. The van der Waals surface area contributed by atoms with Gasteiger partial charge < -0.3 is 14.5 Å². The van der Waals surface area contributed by atoms with Crippen molar-refractivity contribution < 1.29 is 13.9 Å². The van der Waals surface area contributed by atoms with Crippen LogP contribution in [-0.2, 0) is 16.6 Å². The minimum absolute atomic E-state index is 0.0110. The molecule has 6 rings (SSSR count). The third-order valence-corrected chi connectivity index (χ3v) is 7.94. The summed E-state index contributed by atoms with van der Waals surface area (Å²) >= 11 is 1.34. The van der Waals surface area contributed by atoms with Crippen LogP contribution in [0.2, 0.25) is 0 Å². The monoisotopic (exact) mass is 427 g/mol. The van der Waals surface area contributed by atoms with Gasteiger partial charge in [0.05, 0.1) is 12.9 Å². The molecule has 1 amide bonds. The van der Waals surface area contributed by atoms with Crippen molar-refractivity contribution in [1.82, 2.24) is 15.5 Å². The largest absolute Gasteiger partial charge is 0.497 e. The first-order chi connectivity index (χ1) is 14.6. The molecular formula is C23H29N3O3S. The summed E-state index contributed by atoms with van der Waals surface area (Å²) in [7, 11) is 1.66. The summed E-state index contributed by atoms with van der Waals surface area (Å²) in [5, 5.41) is 12.1. The van der Waals surface area contributed by atoms with Gasteiger partial charge in [-0.2, -0.15) is 0 Å². The number of nitrogens with one attached hydrogen (secondary N) is 1. The summed E-state index contributed by atoms with van der Waals surface area (Å²) in [5.74, 6) is 4.48. The van der Waals surface area contributed by atoms with E-state index in [1.165, 1.54) is 55.9 Å². The van der Waals surface area contributed by atoms with Crippen LogP contribution in [0.15, 0.2) is 33.9 Å². The van der Waals surface area contributed by atoms with Crippen LogP contribution in [-0.4, -0.2) is 35.5 Å². The number of benzene rings is 1. The molecule has 0 atom stereocenters. The second-order valence-corrected chi connectivity index (χ2v) is 10.2. The van der Waals surface area contributed by atoms with Gasteiger partial charge in [0.2, 0.25) is 11.8 Å². The van der Waals surface area contributed by atoms with Crippen molar-refractivity contribution in [2.75, 3.05) is 19.4 Å². The zero-order chi connectivity index (χ0) is 20.6. The first kappa shape index (κ1) is 19.9. The van der Waals surface area contributed by atoms with E-state index in [9.17, 15) is 4.79 Å². The lowest BCUT2D eigenvalue weighted by Crippen LogP contribution is -2.48. The highest BCUT2D eigenvalue weighted by molar-refractivity contribution is 7.99. The van der Waals surface area contributed by atoms with Gasteiger partial charge in [0.25, 0.3) is 5.22 Å². The van der Waals surface area contributed by atoms with Gasteiger partial charge in [-0.05, 0) is 80.4 Å². The predicted molar refractivity (Wildman–Crippen MR) is 115 cm³/mol. The SMILES string of the molecule is COc1ccc(CCNC(=O)CSc2nnc(C34CC5CC(CC(C5)C3)C4)o2)cc1. The highest BCUT2D eigenvalue weighted by Gasteiger charge is 2.54.